The maximum absolute atomic E-state index is 13.2. The van der Waals surface area contributed by atoms with Gasteiger partial charge in [0.2, 0.25) is 0 Å². The summed E-state index contributed by atoms with van der Waals surface area (Å²) in [6, 6.07) is 1.89. The minimum absolute atomic E-state index is 0.0208. The fourth-order valence-electron chi connectivity index (χ4n) is 5.61. The highest BCUT2D eigenvalue weighted by Crippen LogP contribution is 2.32. The molecule has 45 heavy (non-hydrogen) atoms. The lowest BCUT2D eigenvalue weighted by molar-refractivity contribution is -0.158. The van der Waals surface area contributed by atoms with Crippen LogP contribution in [0.25, 0.3) is 0 Å². The lowest BCUT2D eigenvalue weighted by Crippen LogP contribution is -2.32. The molecule has 0 aliphatic heterocycles. The van der Waals surface area contributed by atoms with Crippen molar-refractivity contribution in [1.29, 1.82) is 0 Å². The van der Waals surface area contributed by atoms with Crippen molar-refractivity contribution in [3.63, 3.8) is 0 Å². The molecule has 248 valence electrons. The minimum Gasteiger partial charge on any atom is -0.465 e. The summed E-state index contributed by atoms with van der Waals surface area (Å²) >= 11 is 0. The van der Waals surface area contributed by atoms with E-state index in [1.165, 1.54) is 0 Å². The summed E-state index contributed by atoms with van der Waals surface area (Å²) in [7, 11) is 3.73. The van der Waals surface area contributed by atoms with Crippen molar-refractivity contribution in [3.8, 4) is 0 Å². The summed E-state index contributed by atoms with van der Waals surface area (Å²) in [5.41, 5.74) is 1.88. The Balaban J connectivity index is 1.26. The number of aromatic nitrogens is 4. The first-order valence-electron chi connectivity index (χ1n) is 16.3. The van der Waals surface area contributed by atoms with Crippen LogP contribution in [0.4, 0.5) is 0 Å². The van der Waals surface area contributed by atoms with Crippen LogP contribution < -0.4 is 0 Å². The largest absolute Gasteiger partial charge is 0.465 e. The molecule has 4 rings (SSSR count). The molecule has 2 aromatic rings. The van der Waals surface area contributed by atoms with Gasteiger partial charge in [-0.15, -0.1) is 0 Å². The third-order valence-electron chi connectivity index (χ3n) is 8.88. The molecular weight excluding hydrogens is 580 g/mol. The second-order valence-electron chi connectivity index (χ2n) is 12.4. The fraction of sp³-hybridized carbons (Fsp3) is 0.697. The van der Waals surface area contributed by atoms with Crippen molar-refractivity contribution in [3.05, 3.63) is 36.2 Å². The van der Waals surface area contributed by atoms with Crippen molar-refractivity contribution in [2.75, 3.05) is 26.4 Å². The quantitative estimate of drug-likeness (QED) is 0.121. The third kappa shape index (κ3) is 10.2. The van der Waals surface area contributed by atoms with Gasteiger partial charge in [0.05, 0.1) is 56.4 Å². The Hall–Kier alpha value is -3.70. The number of carbonyl (C=O) groups is 4. The van der Waals surface area contributed by atoms with Gasteiger partial charge in [0.25, 0.3) is 0 Å². The summed E-state index contributed by atoms with van der Waals surface area (Å²) in [6.45, 7) is 4.30. The van der Waals surface area contributed by atoms with Crippen LogP contribution in [0.2, 0.25) is 0 Å². The highest BCUT2D eigenvalue weighted by atomic mass is 16.6. The average molecular weight is 629 g/mol. The smallest absolute Gasteiger partial charge is 0.309 e. The molecule has 2 aliphatic rings. The van der Waals surface area contributed by atoms with Gasteiger partial charge in [-0.3, -0.25) is 23.9 Å². The number of aryl methyl sites for hydroxylation is 2. The third-order valence-corrected chi connectivity index (χ3v) is 8.88. The van der Waals surface area contributed by atoms with E-state index in [9.17, 15) is 19.2 Å². The molecule has 0 spiro atoms. The molecule has 4 unspecified atom stereocenters. The Bertz CT molecular complexity index is 1180. The number of esters is 4. The Morgan fingerprint density at radius 3 is 1.71 bits per heavy atom. The molecule has 0 bridgehead atoms. The summed E-state index contributed by atoms with van der Waals surface area (Å²) in [4.78, 5) is 55.0. The van der Waals surface area contributed by atoms with Crippen LogP contribution in [0, 0.1) is 35.5 Å². The van der Waals surface area contributed by atoms with Gasteiger partial charge in [0.1, 0.15) is 0 Å². The average Bonchev–Trinajstić information content (AvgIpc) is 3.96. The Morgan fingerprint density at radius 1 is 0.800 bits per heavy atom. The van der Waals surface area contributed by atoms with Gasteiger partial charge in [-0.25, -0.2) is 4.98 Å². The topological polar surface area (TPSA) is 141 Å². The standard InChI is InChI=1S/C33H48N4O8/c1-5-28(24(16-26-12-13-35-37(26)4)19-44-30(38)22-8-9-22)32(40)42-14-7-15-43-33(41)29(6-2)25(17-27-18-34-21-36(27)3)20-45-31(39)23-10-11-23/h12-13,18,21-25,28-29H,5-11,14-17,19-20H2,1-4H3. The van der Waals surface area contributed by atoms with E-state index in [0.717, 1.165) is 37.1 Å². The molecule has 0 amide bonds. The number of hydrogen-bond acceptors (Lipinski definition) is 10. The normalized spacial score (nSPS) is 17.2. The fourth-order valence-corrected chi connectivity index (χ4v) is 5.61. The van der Waals surface area contributed by atoms with Crippen LogP contribution in [-0.4, -0.2) is 69.6 Å². The zero-order chi connectivity index (χ0) is 32.3. The molecule has 0 radical (unpaired) electrons. The van der Waals surface area contributed by atoms with Crippen molar-refractivity contribution in [2.45, 2.75) is 71.6 Å². The number of ether oxygens (including phenoxy) is 4. The van der Waals surface area contributed by atoms with Crippen LogP contribution in [0.3, 0.4) is 0 Å². The summed E-state index contributed by atoms with van der Waals surface area (Å²) in [5.74, 6) is -2.62. The number of rotatable bonds is 20. The second-order valence-corrected chi connectivity index (χ2v) is 12.4. The maximum atomic E-state index is 13.2. The molecule has 2 aliphatic carbocycles. The molecule has 0 N–H and O–H groups in total. The van der Waals surface area contributed by atoms with E-state index in [1.54, 1.807) is 23.4 Å². The predicted octanol–water partition coefficient (Wildman–Crippen LogP) is 3.61. The first-order valence-corrected chi connectivity index (χ1v) is 16.3. The van der Waals surface area contributed by atoms with E-state index in [-0.39, 0.29) is 74.0 Å². The number of imidazole rings is 1. The molecule has 12 nitrogen and oxygen atoms in total. The molecule has 2 saturated carbocycles. The monoisotopic (exact) mass is 628 g/mol. The van der Waals surface area contributed by atoms with Gasteiger partial charge < -0.3 is 23.5 Å². The van der Waals surface area contributed by atoms with Crippen LogP contribution in [0.1, 0.15) is 70.2 Å². The van der Waals surface area contributed by atoms with E-state index in [0.29, 0.717) is 32.1 Å². The highest BCUT2D eigenvalue weighted by Gasteiger charge is 2.36. The van der Waals surface area contributed by atoms with E-state index in [2.05, 4.69) is 10.1 Å². The molecule has 2 aromatic heterocycles. The van der Waals surface area contributed by atoms with Crippen LogP contribution in [-0.2, 0) is 65.1 Å². The molecule has 4 atom stereocenters. The van der Waals surface area contributed by atoms with E-state index >= 15 is 0 Å². The molecule has 0 aromatic carbocycles. The molecule has 12 heteroatoms. The number of carbonyl (C=O) groups excluding carboxylic acids is 4. The van der Waals surface area contributed by atoms with Gasteiger partial charge in [-0.2, -0.15) is 5.10 Å². The van der Waals surface area contributed by atoms with E-state index in [1.807, 2.05) is 38.6 Å². The number of nitrogens with zero attached hydrogens (tertiary/aromatic N) is 4. The first-order chi connectivity index (χ1) is 21.7. The molecule has 2 heterocycles. The summed E-state index contributed by atoms with van der Waals surface area (Å²) in [5, 5.41) is 4.22. The van der Waals surface area contributed by atoms with Gasteiger partial charge in [0, 0.05) is 56.1 Å². The minimum atomic E-state index is -0.468. The Kier molecular flexibility index (Phi) is 12.6. The van der Waals surface area contributed by atoms with E-state index in [4.69, 9.17) is 18.9 Å². The van der Waals surface area contributed by atoms with Crippen LogP contribution in [0.15, 0.2) is 24.8 Å². The summed E-state index contributed by atoms with van der Waals surface area (Å²) in [6.07, 6.45) is 11.0. The van der Waals surface area contributed by atoms with Gasteiger partial charge in [0.15, 0.2) is 0 Å². The lowest BCUT2D eigenvalue weighted by atomic mass is 9.87. The highest BCUT2D eigenvalue weighted by molar-refractivity contribution is 5.76. The lowest BCUT2D eigenvalue weighted by Gasteiger charge is -2.25. The first kappa shape index (κ1) is 34.2. The van der Waals surface area contributed by atoms with Crippen LogP contribution >= 0.6 is 0 Å². The number of hydrogen-bond donors (Lipinski definition) is 0. The van der Waals surface area contributed by atoms with Gasteiger partial charge >= 0.3 is 23.9 Å². The maximum Gasteiger partial charge on any atom is 0.309 e. The summed E-state index contributed by atoms with van der Waals surface area (Å²) < 4.78 is 26.1. The van der Waals surface area contributed by atoms with Crippen molar-refractivity contribution >= 4 is 23.9 Å². The van der Waals surface area contributed by atoms with Crippen LogP contribution in [0.5, 0.6) is 0 Å². The zero-order valence-corrected chi connectivity index (χ0v) is 27.0. The molecule has 2 fully saturated rings. The van der Waals surface area contributed by atoms with Gasteiger partial charge in [-0.1, -0.05) is 13.8 Å². The molecule has 0 saturated heterocycles. The van der Waals surface area contributed by atoms with Crippen molar-refractivity contribution in [1.82, 2.24) is 19.3 Å². The second kappa shape index (κ2) is 16.6. The van der Waals surface area contributed by atoms with Crippen molar-refractivity contribution in [2.24, 2.45) is 49.6 Å². The predicted molar refractivity (Wildman–Crippen MR) is 162 cm³/mol. The Labute approximate surface area is 265 Å². The SMILES string of the molecule is CCC(C(=O)OCCCOC(=O)C(CC)C(COC(=O)C1CC1)Cc1ccnn1C)C(COC(=O)C1CC1)Cc1cncn1C. The molecular formula is C33H48N4O8. The van der Waals surface area contributed by atoms with Crippen molar-refractivity contribution < 1.29 is 38.1 Å². The Morgan fingerprint density at radius 2 is 1.31 bits per heavy atom. The van der Waals surface area contributed by atoms with Gasteiger partial charge in [-0.05, 0) is 57.4 Å². The van der Waals surface area contributed by atoms with E-state index < -0.39 is 11.8 Å². The zero-order valence-electron chi connectivity index (χ0n) is 27.0.